The smallest absolute Gasteiger partial charge is 0.414 e. The van der Waals surface area contributed by atoms with Crippen molar-refractivity contribution in [1.29, 1.82) is 0 Å². The number of fused-ring (bicyclic) bond motifs is 2. The van der Waals surface area contributed by atoms with E-state index in [1.165, 1.54) is 29.8 Å². The molecule has 3 amide bonds. The summed E-state index contributed by atoms with van der Waals surface area (Å²) in [4.78, 5) is 47.6. The zero-order valence-electron chi connectivity index (χ0n) is 18.7. The highest BCUT2D eigenvalue weighted by Crippen LogP contribution is 2.35. The van der Waals surface area contributed by atoms with Crippen molar-refractivity contribution in [3.8, 4) is 5.88 Å². The van der Waals surface area contributed by atoms with E-state index in [4.69, 9.17) is 9.47 Å². The van der Waals surface area contributed by atoms with Gasteiger partial charge in [-0.2, -0.15) is 0 Å². The Bertz CT molecular complexity index is 1360. The maximum Gasteiger partial charge on any atom is 0.414 e. The van der Waals surface area contributed by atoms with Gasteiger partial charge in [-0.05, 0) is 36.4 Å². The lowest BCUT2D eigenvalue weighted by molar-refractivity contribution is -0.117. The Morgan fingerprint density at radius 1 is 1.31 bits per heavy atom. The number of rotatable bonds is 6. The van der Waals surface area contributed by atoms with Crippen molar-refractivity contribution >= 4 is 58.2 Å². The number of aromatic nitrogens is 2. The molecule has 0 bridgehead atoms. The average Bonchev–Trinajstić information content (AvgIpc) is 3.25. The highest BCUT2D eigenvalue weighted by Gasteiger charge is 2.33. The van der Waals surface area contributed by atoms with E-state index in [0.717, 1.165) is 10.5 Å². The van der Waals surface area contributed by atoms with Crippen molar-refractivity contribution in [3.63, 3.8) is 0 Å². The molecule has 11 heteroatoms. The van der Waals surface area contributed by atoms with E-state index in [1.807, 2.05) is 12.1 Å². The number of nitrogens with zero attached hydrogens (tertiary/aromatic N) is 3. The molecule has 1 fully saturated rings. The lowest BCUT2D eigenvalue weighted by atomic mass is 10.2. The Morgan fingerprint density at radius 2 is 2.20 bits per heavy atom. The van der Waals surface area contributed by atoms with E-state index < -0.39 is 12.2 Å². The summed E-state index contributed by atoms with van der Waals surface area (Å²) < 4.78 is 10.6. The van der Waals surface area contributed by atoms with Crippen LogP contribution >= 0.6 is 11.8 Å². The molecule has 1 aromatic carbocycles. The third-order valence-electron chi connectivity index (χ3n) is 5.50. The second kappa shape index (κ2) is 9.63. The Labute approximate surface area is 204 Å². The van der Waals surface area contributed by atoms with E-state index in [1.54, 1.807) is 36.5 Å². The first-order valence-electron chi connectivity index (χ1n) is 10.8. The molecular weight excluding hydrogens is 470 g/mol. The van der Waals surface area contributed by atoms with Gasteiger partial charge in [0.1, 0.15) is 6.10 Å². The standard InChI is InChI=1S/C24H21N5O5S/c1-33-22-7-4-17-23(28-22)14(8-9-25-17)2-6-20(30)26-11-16-12-29(24(32)34-16)15-3-5-19-18(10-15)27-21(31)13-35-19/h2-10,16H,11-13H2,1H3,(H,26,30)(H,27,31). The summed E-state index contributed by atoms with van der Waals surface area (Å²) >= 11 is 1.45. The summed E-state index contributed by atoms with van der Waals surface area (Å²) in [5.41, 5.74) is 3.33. The third-order valence-corrected chi connectivity index (χ3v) is 6.57. The van der Waals surface area contributed by atoms with Crippen LogP contribution in [0.15, 0.2) is 53.6 Å². The number of hydrogen-bond donors (Lipinski definition) is 2. The molecule has 0 spiro atoms. The van der Waals surface area contributed by atoms with Gasteiger partial charge in [-0.1, -0.05) is 0 Å². The summed E-state index contributed by atoms with van der Waals surface area (Å²) in [6.45, 7) is 0.438. The van der Waals surface area contributed by atoms with Gasteiger partial charge in [0, 0.05) is 34.5 Å². The minimum absolute atomic E-state index is 0.0769. The molecule has 4 heterocycles. The summed E-state index contributed by atoms with van der Waals surface area (Å²) in [5, 5.41) is 5.58. The maximum absolute atomic E-state index is 12.4. The number of hydrogen-bond acceptors (Lipinski definition) is 8. The molecule has 2 aliphatic heterocycles. The van der Waals surface area contributed by atoms with Gasteiger partial charge < -0.3 is 20.1 Å². The normalized spacial score (nSPS) is 17.3. The van der Waals surface area contributed by atoms with Crippen molar-refractivity contribution in [2.75, 3.05) is 36.2 Å². The number of pyridine rings is 2. The molecule has 2 N–H and O–H groups in total. The quantitative estimate of drug-likeness (QED) is 0.505. The van der Waals surface area contributed by atoms with Gasteiger partial charge in [0.15, 0.2) is 0 Å². The first-order chi connectivity index (χ1) is 17.0. The number of benzene rings is 1. The van der Waals surface area contributed by atoms with Crippen molar-refractivity contribution in [3.05, 3.63) is 54.2 Å². The summed E-state index contributed by atoms with van der Waals surface area (Å²) in [5.74, 6) is 0.418. The number of cyclic esters (lactones) is 1. The predicted molar refractivity (Wildman–Crippen MR) is 132 cm³/mol. The van der Waals surface area contributed by atoms with Crippen molar-refractivity contribution < 1.29 is 23.9 Å². The van der Waals surface area contributed by atoms with Gasteiger partial charge in [0.05, 0.1) is 42.7 Å². The van der Waals surface area contributed by atoms with Crippen LogP contribution in [0.2, 0.25) is 0 Å². The predicted octanol–water partition coefficient (Wildman–Crippen LogP) is 2.84. The number of ether oxygens (including phenoxy) is 2. The molecule has 1 atom stereocenters. The maximum atomic E-state index is 12.4. The van der Waals surface area contributed by atoms with Crippen LogP contribution in [0.5, 0.6) is 5.88 Å². The Balaban J connectivity index is 1.20. The number of thioether (sulfide) groups is 1. The highest BCUT2D eigenvalue weighted by atomic mass is 32.2. The van der Waals surface area contributed by atoms with Crippen LogP contribution in [-0.2, 0) is 14.3 Å². The van der Waals surface area contributed by atoms with Gasteiger partial charge in [-0.3, -0.25) is 19.5 Å². The zero-order valence-corrected chi connectivity index (χ0v) is 19.5. The fourth-order valence-corrected chi connectivity index (χ4v) is 4.58. The van der Waals surface area contributed by atoms with Crippen LogP contribution in [0, 0.1) is 0 Å². The topological polar surface area (TPSA) is 123 Å². The van der Waals surface area contributed by atoms with Crippen LogP contribution in [0.1, 0.15) is 5.56 Å². The number of amides is 3. The lowest BCUT2D eigenvalue weighted by Gasteiger charge is -2.19. The summed E-state index contributed by atoms with van der Waals surface area (Å²) in [6.07, 6.45) is 3.68. The van der Waals surface area contributed by atoms with E-state index in [0.29, 0.717) is 34.0 Å². The molecule has 2 aromatic heterocycles. The fraction of sp³-hybridized carbons (Fsp3) is 0.208. The summed E-state index contributed by atoms with van der Waals surface area (Å²) in [7, 11) is 1.53. The third kappa shape index (κ3) is 4.90. The second-order valence-electron chi connectivity index (χ2n) is 7.83. The van der Waals surface area contributed by atoms with Crippen molar-refractivity contribution in [2.24, 2.45) is 0 Å². The Kier molecular flexibility index (Phi) is 6.23. The number of anilines is 2. The first-order valence-corrected chi connectivity index (χ1v) is 11.8. The number of methoxy groups -OCH3 is 1. The zero-order chi connectivity index (χ0) is 24.4. The number of carbonyl (C=O) groups excluding carboxylic acids is 3. The molecule has 5 rings (SSSR count). The molecule has 2 aliphatic rings. The highest BCUT2D eigenvalue weighted by molar-refractivity contribution is 8.00. The molecular formula is C24H21N5O5S. The molecule has 0 radical (unpaired) electrons. The number of nitrogens with one attached hydrogen (secondary N) is 2. The van der Waals surface area contributed by atoms with Gasteiger partial charge in [0.2, 0.25) is 17.7 Å². The largest absolute Gasteiger partial charge is 0.481 e. The molecule has 3 aromatic rings. The monoisotopic (exact) mass is 491 g/mol. The van der Waals surface area contributed by atoms with Crippen molar-refractivity contribution in [1.82, 2.24) is 15.3 Å². The molecule has 1 unspecified atom stereocenters. The van der Waals surface area contributed by atoms with Gasteiger partial charge in [-0.25, -0.2) is 9.78 Å². The van der Waals surface area contributed by atoms with Crippen LogP contribution in [0.4, 0.5) is 16.2 Å². The minimum atomic E-state index is -0.507. The van der Waals surface area contributed by atoms with Crippen LogP contribution < -0.4 is 20.3 Å². The van der Waals surface area contributed by atoms with Crippen LogP contribution in [-0.4, -0.2) is 59.9 Å². The Morgan fingerprint density at radius 3 is 3.06 bits per heavy atom. The Hall–Kier alpha value is -4.12. The molecule has 0 saturated carbocycles. The van der Waals surface area contributed by atoms with Gasteiger partial charge >= 0.3 is 6.09 Å². The molecule has 1 saturated heterocycles. The first kappa shape index (κ1) is 22.7. The van der Waals surface area contributed by atoms with Crippen LogP contribution in [0.25, 0.3) is 17.1 Å². The minimum Gasteiger partial charge on any atom is -0.481 e. The number of carbonyl (C=O) groups is 3. The van der Waals surface area contributed by atoms with Gasteiger partial charge in [-0.15, -0.1) is 11.8 Å². The van der Waals surface area contributed by atoms with Gasteiger partial charge in [0.25, 0.3) is 0 Å². The second-order valence-corrected chi connectivity index (χ2v) is 8.85. The summed E-state index contributed by atoms with van der Waals surface area (Å²) in [6, 6.07) is 10.7. The van der Waals surface area contributed by atoms with Crippen LogP contribution in [0.3, 0.4) is 0 Å². The molecule has 35 heavy (non-hydrogen) atoms. The lowest BCUT2D eigenvalue weighted by Crippen LogP contribution is -2.33. The van der Waals surface area contributed by atoms with E-state index in [2.05, 4.69) is 20.6 Å². The SMILES string of the molecule is COc1ccc2nccc(C=CC(=O)NCC3CN(c4ccc5c(c4)NC(=O)CS5)C(=O)O3)c2n1. The van der Waals surface area contributed by atoms with E-state index >= 15 is 0 Å². The molecule has 0 aliphatic carbocycles. The van der Waals surface area contributed by atoms with E-state index in [-0.39, 0.29) is 24.9 Å². The van der Waals surface area contributed by atoms with E-state index in [9.17, 15) is 14.4 Å². The fourth-order valence-electron chi connectivity index (χ4n) is 3.79. The molecule has 10 nitrogen and oxygen atoms in total. The van der Waals surface area contributed by atoms with Crippen molar-refractivity contribution in [2.45, 2.75) is 11.0 Å². The molecule has 178 valence electrons. The average molecular weight is 492 g/mol.